The van der Waals surface area contributed by atoms with Crippen molar-refractivity contribution in [3.8, 4) is 17.1 Å². The van der Waals surface area contributed by atoms with E-state index >= 15 is 0 Å². The van der Waals surface area contributed by atoms with E-state index in [1.165, 1.54) is 0 Å². The molecular weight excluding hydrogens is 384 g/mol. The molecule has 1 aliphatic heterocycles. The van der Waals surface area contributed by atoms with Crippen molar-refractivity contribution >= 4 is 15.9 Å². The first-order valence-corrected chi connectivity index (χ1v) is 8.64. The Labute approximate surface area is 151 Å². The Morgan fingerprint density at radius 3 is 3.04 bits per heavy atom. The minimum Gasteiger partial charge on any atom is -0.364 e. The highest BCUT2D eigenvalue weighted by Crippen LogP contribution is 2.33. The van der Waals surface area contributed by atoms with E-state index in [0.717, 1.165) is 44.5 Å². The van der Waals surface area contributed by atoms with Crippen LogP contribution in [0.1, 0.15) is 22.9 Å². The molecule has 7 nitrogen and oxygen atoms in total. The maximum Gasteiger partial charge on any atom is 0.160 e. The Balaban J connectivity index is 1.70. The zero-order valence-corrected chi connectivity index (χ0v) is 14.9. The van der Waals surface area contributed by atoms with Crippen molar-refractivity contribution in [3.05, 3.63) is 64.2 Å². The first kappa shape index (κ1) is 14.6. The van der Waals surface area contributed by atoms with Crippen LogP contribution in [0.5, 0.6) is 0 Å². The van der Waals surface area contributed by atoms with E-state index in [4.69, 9.17) is 14.6 Å². The zero-order valence-electron chi connectivity index (χ0n) is 13.3. The largest absolute Gasteiger partial charge is 0.364 e. The molecule has 0 atom stereocenters. The number of rotatable bonds is 2. The summed E-state index contributed by atoms with van der Waals surface area (Å²) in [7, 11) is 0. The van der Waals surface area contributed by atoms with Crippen molar-refractivity contribution in [3.63, 3.8) is 0 Å². The molecule has 1 aliphatic rings. The molecule has 3 aromatic heterocycles. The summed E-state index contributed by atoms with van der Waals surface area (Å²) in [5.41, 5.74) is 4.99. The molecule has 0 saturated heterocycles. The highest BCUT2D eigenvalue weighted by atomic mass is 79.9. The van der Waals surface area contributed by atoms with Crippen molar-refractivity contribution in [2.75, 3.05) is 0 Å². The van der Waals surface area contributed by atoms with E-state index in [1.807, 2.05) is 30.1 Å². The first-order chi connectivity index (χ1) is 12.2. The number of imidazole rings is 1. The van der Waals surface area contributed by atoms with E-state index in [9.17, 15) is 0 Å². The molecule has 0 radical (unpaired) electrons. The fraction of sp³-hybridized carbons (Fsp3) is 0.176. The summed E-state index contributed by atoms with van der Waals surface area (Å²) in [6, 6.07) is 8.00. The number of aromatic nitrogens is 6. The maximum absolute atomic E-state index is 4.90. The first-order valence-electron chi connectivity index (χ1n) is 7.85. The number of halogens is 1. The van der Waals surface area contributed by atoms with E-state index < -0.39 is 0 Å². The van der Waals surface area contributed by atoms with Crippen molar-refractivity contribution in [2.24, 2.45) is 0 Å². The molecule has 8 heteroatoms. The van der Waals surface area contributed by atoms with Gasteiger partial charge in [-0.25, -0.2) is 14.6 Å². The van der Waals surface area contributed by atoms with E-state index in [2.05, 4.69) is 42.8 Å². The Morgan fingerprint density at radius 1 is 1.28 bits per heavy atom. The van der Waals surface area contributed by atoms with Gasteiger partial charge in [0.1, 0.15) is 6.26 Å². The molecule has 0 bridgehead atoms. The molecule has 0 saturated carbocycles. The average molecular weight is 397 g/mol. The summed E-state index contributed by atoms with van der Waals surface area (Å²) >= 11 is 3.56. The molecule has 0 fully saturated rings. The predicted octanol–water partition coefficient (Wildman–Crippen LogP) is 3.14. The molecule has 0 N–H and O–H groups in total. The van der Waals surface area contributed by atoms with Crippen molar-refractivity contribution < 1.29 is 4.52 Å². The van der Waals surface area contributed by atoms with Crippen LogP contribution in [-0.2, 0) is 13.0 Å². The molecular formula is C17H13BrN6O. The average Bonchev–Trinajstić information content (AvgIpc) is 3.30. The van der Waals surface area contributed by atoms with Crippen molar-refractivity contribution in [1.82, 2.24) is 29.5 Å². The molecule has 124 valence electrons. The monoisotopic (exact) mass is 396 g/mol. The number of aryl methyl sites for hydroxylation is 1. The summed E-state index contributed by atoms with van der Waals surface area (Å²) in [6.07, 6.45) is 3.96. The minimum absolute atomic E-state index is 0.540. The van der Waals surface area contributed by atoms with Crippen LogP contribution in [0.4, 0.5) is 0 Å². The molecule has 1 aromatic carbocycles. The molecule has 0 unspecified atom stereocenters. The lowest BCUT2D eigenvalue weighted by Gasteiger charge is -2.08. The second-order valence-electron chi connectivity index (χ2n) is 5.98. The lowest BCUT2D eigenvalue weighted by atomic mass is 10.1. The highest BCUT2D eigenvalue weighted by molar-refractivity contribution is 9.10. The highest BCUT2D eigenvalue weighted by Gasteiger charge is 2.24. The maximum atomic E-state index is 4.90. The van der Waals surface area contributed by atoms with Gasteiger partial charge in [0.25, 0.3) is 0 Å². The van der Waals surface area contributed by atoms with E-state index in [1.54, 1.807) is 6.26 Å². The van der Waals surface area contributed by atoms with Gasteiger partial charge >= 0.3 is 0 Å². The molecule has 4 aromatic rings. The quantitative estimate of drug-likeness (QED) is 0.458. The smallest absolute Gasteiger partial charge is 0.160 e. The topological polar surface area (TPSA) is 74.6 Å². The van der Waals surface area contributed by atoms with Crippen LogP contribution in [-0.4, -0.2) is 29.5 Å². The van der Waals surface area contributed by atoms with Crippen LogP contribution in [0, 0.1) is 6.92 Å². The lowest BCUT2D eigenvalue weighted by Crippen LogP contribution is -2.06. The molecule has 0 amide bonds. The third-order valence-corrected chi connectivity index (χ3v) is 4.87. The molecule has 4 heterocycles. The van der Waals surface area contributed by atoms with Crippen LogP contribution in [0.2, 0.25) is 0 Å². The number of benzene rings is 1. The van der Waals surface area contributed by atoms with E-state index in [0.29, 0.717) is 13.0 Å². The molecule has 0 spiro atoms. The Hall–Kier alpha value is -2.74. The predicted molar refractivity (Wildman–Crippen MR) is 93.4 cm³/mol. The molecule has 5 rings (SSSR count). The Morgan fingerprint density at radius 2 is 2.20 bits per heavy atom. The van der Waals surface area contributed by atoms with E-state index in [-0.39, 0.29) is 0 Å². The van der Waals surface area contributed by atoms with Gasteiger partial charge in [-0.05, 0) is 25.1 Å². The standard InChI is InChI=1S/C17H13BrN6O/c1-10-15-8-24-17(20-16(21-24)7-12-4-5-25-22-12)13-6-11(18)2-3-14(13)23(15)9-19-10/h2-6,9H,7-8H2,1H3. The second kappa shape index (κ2) is 5.38. The third-order valence-electron chi connectivity index (χ3n) is 4.38. The van der Waals surface area contributed by atoms with Crippen LogP contribution >= 0.6 is 15.9 Å². The number of nitrogens with zero attached hydrogens (tertiary/aromatic N) is 6. The molecule has 25 heavy (non-hydrogen) atoms. The molecule has 0 aliphatic carbocycles. The Kier molecular flexibility index (Phi) is 3.14. The normalized spacial score (nSPS) is 12.4. The van der Waals surface area contributed by atoms with Gasteiger partial charge in [-0.15, -0.1) is 0 Å². The lowest BCUT2D eigenvalue weighted by molar-refractivity contribution is 0.412. The van der Waals surface area contributed by atoms with Crippen molar-refractivity contribution in [1.29, 1.82) is 0 Å². The summed E-state index contributed by atoms with van der Waals surface area (Å²) < 4.78 is 9.96. The van der Waals surface area contributed by atoms with Gasteiger partial charge < -0.3 is 9.09 Å². The van der Waals surface area contributed by atoms with Gasteiger partial charge in [0.15, 0.2) is 11.6 Å². The van der Waals surface area contributed by atoms with Gasteiger partial charge in [-0.3, -0.25) is 0 Å². The third kappa shape index (κ3) is 2.32. The van der Waals surface area contributed by atoms with Gasteiger partial charge in [0.05, 0.1) is 42.1 Å². The fourth-order valence-corrected chi connectivity index (χ4v) is 3.53. The number of hydrogen-bond acceptors (Lipinski definition) is 5. The number of fused-ring (bicyclic) bond motifs is 5. The SMILES string of the molecule is Cc1ncn2c1Cn1nc(Cc3ccon3)nc1-c1cc(Br)ccc1-2. The van der Waals surface area contributed by atoms with Crippen LogP contribution in [0.25, 0.3) is 17.1 Å². The second-order valence-corrected chi connectivity index (χ2v) is 6.90. The summed E-state index contributed by atoms with van der Waals surface area (Å²) in [5.74, 6) is 1.57. The fourth-order valence-electron chi connectivity index (χ4n) is 3.16. The van der Waals surface area contributed by atoms with Gasteiger partial charge in [-0.2, -0.15) is 5.10 Å². The van der Waals surface area contributed by atoms with Crippen molar-refractivity contribution in [2.45, 2.75) is 19.9 Å². The van der Waals surface area contributed by atoms with Gasteiger partial charge in [0, 0.05) is 16.1 Å². The van der Waals surface area contributed by atoms with Crippen LogP contribution in [0.15, 0.2) is 45.9 Å². The summed E-state index contributed by atoms with van der Waals surface area (Å²) in [4.78, 5) is 9.25. The van der Waals surface area contributed by atoms with Crippen LogP contribution in [0.3, 0.4) is 0 Å². The number of hydrogen-bond donors (Lipinski definition) is 0. The summed E-state index contributed by atoms with van der Waals surface area (Å²) in [5, 5.41) is 8.65. The zero-order chi connectivity index (χ0) is 17.0. The van der Waals surface area contributed by atoms with Gasteiger partial charge in [-0.1, -0.05) is 21.1 Å². The van der Waals surface area contributed by atoms with Gasteiger partial charge in [0.2, 0.25) is 0 Å². The Bertz CT molecular complexity index is 1080. The summed E-state index contributed by atoms with van der Waals surface area (Å²) in [6.45, 7) is 2.64. The van der Waals surface area contributed by atoms with Crippen LogP contribution < -0.4 is 0 Å². The minimum atomic E-state index is 0.540.